The lowest BCUT2D eigenvalue weighted by molar-refractivity contribution is -0.147. The molecule has 3 heteroatoms. The molecule has 3 aliphatic carbocycles. The number of fused-ring (bicyclic) bond motifs is 3. The van der Waals surface area contributed by atoms with Crippen molar-refractivity contribution in [1.29, 1.82) is 0 Å². The van der Waals surface area contributed by atoms with Crippen molar-refractivity contribution >= 4 is 5.97 Å². The Morgan fingerprint density at radius 3 is 2.71 bits per heavy atom. The molecule has 0 aromatic rings. The number of ether oxygens (including phenoxy) is 1. The van der Waals surface area contributed by atoms with Gasteiger partial charge in [-0.3, -0.25) is 4.79 Å². The quantitative estimate of drug-likeness (QED) is 0.616. The zero-order valence-corrected chi connectivity index (χ0v) is 15.9. The summed E-state index contributed by atoms with van der Waals surface area (Å²) in [7, 11) is 1.51. The molecule has 0 saturated heterocycles. The van der Waals surface area contributed by atoms with Crippen molar-refractivity contribution in [1.82, 2.24) is 0 Å². The highest BCUT2D eigenvalue weighted by atomic mass is 16.5. The predicted octanol–water partition coefficient (Wildman–Crippen LogP) is 4.31. The Balaban J connectivity index is 1.86. The zero-order valence-electron chi connectivity index (χ0n) is 15.9. The fraction of sp³-hybridized carbons (Fsp3) is 0.857. The van der Waals surface area contributed by atoms with Crippen molar-refractivity contribution in [2.45, 2.75) is 65.7 Å². The third kappa shape index (κ3) is 2.64. The number of rotatable bonds is 4. The lowest BCUT2D eigenvalue weighted by Crippen LogP contribution is -2.52. The molecule has 2 saturated carbocycles. The second kappa shape index (κ2) is 6.48. The van der Waals surface area contributed by atoms with Crippen LogP contribution in [0, 0.1) is 34.5 Å². The van der Waals surface area contributed by atoms with E-state index in [1.54, 1.807) is 5.57 Å². The molecular weight excluding hydrogens is 298 g/mol. The first-order valence-corrected chi connectivity index (χ1v) is 9.81. The van der Waals surface area contributed by atoms with Crippen LogP contribution in [0.5, 0.6) is 0 Å². The molecule has 24 heavy (non-hydrogen) atoms. The van der Waals surface area contributed by atoms with Crippen LogP contribution in [-0.4, -0.2) is 19.6 Å². The fourth-order valence-electron chi connectivity index (χ4n) is 6.64. The summed E-state index contributed by atoms with van der Waals surface area (Å²) in [4.78, 5) is 11.9. The average Bonchev–Trinajstić information content (AvgIpc) is 2.86. The summed E-state index contributed by atoms with van der Waals surface area (Å²) in [5, 5.41) is 0. The van der Waals surface area contributed by atoms with Crippen LogP contribution in [-0.2, 0) is 9.53 Å². The minimum absolute atomic E-state index is 0.0549. The van der Waals surface area contributed by atoms with E-state index in [-0.39, 0.29) is 11.4 Å². The zero-order chi connectivity index (χ0) is 17.5. The second-order valence-corrected chi connectivity index (χ2v) is 9.05. The number of hydrogen-bond donors (Lipinski definition) is 1. The van der Waals surface area contributed by atoms with E-state index in [0.29, 0.717) is 23.7 Å². The number of carbonyl (C=O) groups is 1. The first kappa shape index (κ1) is 18.0. The number of esters is 1. The summed E-state index contributed by atoms with van der Waals surface area (Å²) in [5.41, 5.74) is 8.24. The van der Waals surface area contributed by atoms with Crippen LogP contribution in [0.4, 0.5) is 0 Å². The molecule has 0 heterocycles. The van der Waals surface area contributed by atoms with Gasteiger partial charge < -0.3 is 10.5 Å². The number of nitrogens with two attached hydrogens (primary N) is 1. The monoisotopic (exact) mass is 333 g/mol. The standard InChI is InChI=1S/C21H35NO2/c1-14-5-8-17-16-7-6-15(13-19(23)24-4)21(3,11-12-22)18(16)9-10-20(14,17)2/h5,15-18H,6-13,22H2,1-4H3/t15-,16-,17-,18-,20+,21-/m0/s1. The highest BCUT2D eigenvalue weighted by Crippen LogP contribution is 2.64. The largest absolute Gasteiger partial charge is 0.469 e. The highest BCUT2D eigenvalue weighted by molar-refractivity contribution is 5.69. The Morgan fingerprint density at radius 2 is 2.04 bits per heavy atom. The van der Waals surface area contributed by atoms with E-state index < -0.39 is 0 Å². The van der Waals surface area contributed by atoms with Crippen molar-refractivity contribution in [3.8, 4) is 0 Å². The molecule has 2 fully saturated rings. The summed E-state index contributed by atoms with van der Waals surface area (Å²) in [6, 6.07) is 0. The number of hydrogen-bond acceptors (Lipinski definition) is 3. The first-order valence-electron chi connectivity index (χ1n) is 9.81. The highest BCUT2D eigenvalue weighted by Gasteiger charge is 2.56. The van der Waals surface area contributed by atoms with Crippen molar-refractivity contribution in [2.24, 2.45) is 40.2 Å². The van der Waals surface area contributed by atoms with Crippen LogP contribution in [0.3, 0.4) is 0 Å². The fourth-order valence-corrected chi connectivity index (χ4v) is 6.64. The maximum atomic E-state index is 11.9. The van der Waals surface area contributed by atoms with E-state index in [4.69, 9.17) is 10.5 Å². The number of methoxy groups -OCH3 is 1. The third-order valence-electron chi connectivity index (χ3n) is 8.36. The Labute approximate surface area is 147 Å². The van der Waals surface area contributed by atoms with Crippen LogP contribution < -0.4 is 5.73 Å². The van der Waals surface area contributed by atoms with Crippen LogP contribution in [0.25, 0.3) is 0 Å². The first-order chi connectivity index (χ1) is 11.4. The maximum absolute atomic E-state index is 11.9. The Kier molecular flexibility index (Phi) is 4.85. The van der Waals surface area contributed by atoms with Gasteiger partial charge in [-0.2, -0.15) is 0 Å². The van der Waals surface area contributed by atoms with Gasteiger partial charge in [0, 0.05) is 6.42 Å². The molecule has 0 aromatic heterocycles. The van der Waals surface area contributed by atoms with Gasteiger partial charge in [0.15, 0.2) is 0 Å². The SMILES string of the molecule is COC(=O)C[C@@H]1CC[C@@H]2[C@H](CC[C@]3(C)C(C)=CC[C@@H]23)[C@@]1(C)CCN. The molecule has 2 N–H and O–H groups in total. The van der Waals surface area contributed by atoms with E-state index in [2.05, 4.69) is 26.8 Å². The third-order valence-corrected chi connectivity index (χ3v) is 8.36. The minimum Gasteiger partial charge on any atom is -0.469 e. The molecule has 0 amide bonds. The molecule has 0 aliphatic heterocycles. The smallest absolute Gasteiger partial charge is 0.305 e. The van der Waals surface area contributed by atoms with Crippen LogP contribution >= 0.6 is 0 Å². The van der Waals surface area contributed by atoms with Crippen molar-refractivity contribution < 1.29 is 9.53 Å². The topological polar surface area (TPSA) is 52.3 Å². The molecule has 3 rings (SSSR count). The van der Waals surface area contributed by atoms with Gasteiger partial charge in [0.05, 0.1) is 7.11 Å². The number of allylic oxidation sites excluding steroid dienone is 2. The average molecular weight is 334 g/mol. The van der Waals surface area contributed by atoms with Crippen LogP contribution in [0.15, 0.2) is 11.6 Å². The molecular formula is C21H35NO2. The van der Waals surface area contributed by atoms with E-state index in [9.17, 15) is 4.79 Å². The maximum Gasteiger partial charge on any atom is 0.305 e. The van der Waals surface area contributed by atoms with Crippen LogP contribution in [0.2, 0.25) is 0 Å². The van der Waals surface area contributed by atoms with Gasteiger partial charge in [0.1, 0.15) is 0 Å². The molecule has 3 aliphatic rings. The minimum atomic E-state index is -0.0549. The van der Waals surface area contributed by atoms with Gasteiger partial charge in [-0.1, -0.05) is 25.5 Å². The van der Waals surface area contributed by atoms with Gasteiger partial charge >= 0.3 is 5.97 Å². The molecule has 0 spiro atoms. The molecule has 3 nitrogen and oxygen atoms in total. The van der Waals surface area contributed by atoms with E-state index in [1.165, 1.54) is 32.8 Å². The van der Waals surface area contributed by atoms with E-state index in [0.717, 1.165) is 31.2 Å². The Morgan fingerprint density at radius 1 is 1.29 bits per heavy atom. The lowest BCUT2D eigenvalue weighted by Gasteiger charge is -2.59. The lowest BCUT2D eigenvalue weighted by atomic mass is 9.46. The van der Waals surface area contributed by atoms with Gasteiger partial charge in [-0.25, -0.2) is 0 Å². The van der Waals surface area contributed by atoms with Gasteiger partial charge in [-0.05, 0) is 86.5 Å². The van der Waals surface area contributed by atoms with Crippen molar-refractivity contribution in [2.75, 3.05) is 13.7 Å². The molecule has 136 valence electrons. The van der Waals surface area contributed by atoms with Gasteiger partial charge in [0.25, 0.3) is 0 Å². The molecule has 6 atom stereocenters. The predicted molar refractivity (Wildman–Crippen MR) is 97.3 cm³/mol. The number of carbonyl (C=O) groups excluding carboxylic acids is 1. The van der Waals surface area contributed by atoms with Crippen molar-refractivity contribution in [3.63, 3.8) is 0 Å². The Hall–Kier alpha value is -0.830. The van der Waals surface area contributed by atoms with Gasteiger partial charge in [0.2, 0.25) is 0 Å². The second-order valence-electron chi connectivity index (χ2n) is 9.05. The van der Waals surface area contributed by atoms with Gasteiger partial charge in [-0.15, -0.1) is 0 Å². The summed E-state index contributed by atoms with van der Waals surface area (Å²) in [6.07, 6.45) is 10.4. The molecule has 0 bridgehead atoms. The van der Waals surface area contributed by atoms with Crippen LogP contribution in [0.1, 0.15) is 65.7 Å². The summed E-state index contributed by atoms with van der Waals surface area (Å²) < 4.78 is 4.98. The van der Waals surface area contributed by atoms with E-state index in [1.807, 2.05) is 0 Å². The van der Waals surface area contributed by atoms with Crippen molar-refractivity contribution in [3.05, 3.63) is 11.6 Å². The summed E-state index contributed by atoms with van der Waals surface area (Å²) in [5.74, 6) is 2.67. The normalized spacial score (nSPS) is 44.5. The molecule has 0 radical (unpaired) electrons. The molecule has 0 unspecified atom stereocenters. The molecule has 0 aromatic carbocycles. The summed E-state index contributed by atoms with van der Waals surface area (Å²) >= 11 is 0. The van der Waals surface area contributed by atoms with E-state index >= 15 is 0 Å². The Bertz CT molecular complexity index is 528. The summed E-state index contributed by atoms with van der Waals surface area (Å²) in [6.45, 7) is 7.97.